The normalized spacial score (nSPS) is 9.79. The monoisotopic (exact) mass is 286 g/mol. The quantitative estimate of drug-likeness (QED) is 0.503. The lowest BCUT2D eigenvalue weighted by atomic mass is 10.1. The molecule has 1 aromatic rings. The Morgan fingerprint density at radius 2 is 2.16 bits per heavy atom. The molecule has 0 atom stereocenters. The Labute approximate surface area is 113 Å². The Morgan fingerprint density at radius 3 is 2.74 bits per heavy atom. The minimum atomic E-state index is -0.725. The molecule has 0 unspecified atom stereocenters. The first kappa shape index (κ1) is 14.9. The second kappa shape index (κ2) is 6.69. The van der Waals surface area contributed by atoms with E-state index in [4.69, 9.17) is 11.6 Å². The van der Waals surface area contributed by atoms with Crippen LogP contribution in [0.25, 0.3) is 0 Å². The predicted molar refractivity (Wildman–Crippen MR) is 67.1 cm³/mol. The van der Waals surface area contributed by atoms with Gasteiger partial charge in [-0.05, 0) is 12.1 Å². The van der Waals surface area contributed by atoms with Crippen LogP contribution in [0.5, 0.6) is 0 Å². The van der Waals surface area contributed by atoms with Crippen molar-refractivity contribution >= 4 is 29.2 Å². The number of nitro groups is 1. The number of benzene rings is 1. The van der Waals surface area contributed by atoms with Crippen LogP contribution in [-0.4, -0.2) is 30.5 Å². The van der Waals surface area contributed by atoms with Gasteiger partial charge < -0.3 is 10.1 Å². The van der Waals surface area contributed by atoms with E-state index in [-0.39, 0.29) is 23.6 Å². The molecule has 0 spiro atoms. The summed E-state index contributed by atoms with van der Waals surface area (Å²) in [6, 6.07) is 4.05. The van der Waals surface area contributed by atoms with Crippen molar-refractivity contribution in [3.8, 4) is 0 Å². The number of halogens is 1. The van der Waals surface area contributed by atoms with Crippen LogP contribution in [0.2, 0.25) is 5.02 Å². The largest absolute Gasteiger partial charge is 0.469 e. The lowest BCUT2D eigenvalue weighted by Crippen LogP contribution is -2.27. The molecule has 8 heteroatoms. The lowest BCUT2D eigenvalue weighted by Gasteiger charge is -2.05. The van der Waals surface area contributed by atoms with Crippen LogP contribution in [0.1, 0.15) is 16.8 Å². The molecule has 0 heterocycles. The number of carbonyl (C=O) groups excluding carboxylic acids is 2. The molecule has 0 aliphatic carbocycles. The molecule has 0 saturated heterocycles. The van der Waals surface area contributed by atoms with Crippen LogP contribution < -0.4 is 5.32 Å². The third-order valence-corrected chi connectivity index (χ3v) is 2.56. The molecule has 102 valence electrons. The number of nitrogens with one attached hydrogen (secondary N) is 1. The topological polar surface area (TPSA) is 98.5 Å². The van der Waals surface area contributed by atoms with Crippen molar-refractivity contribution in [2.45, 2.75) is 6.42 Å². The molecule has 19 heavy (non-hydrogen) atoms. The van der Waals surface area contributed by atoms with Gasteiger partial charge in [0.25, 0.3) is 5.91 Å². The van der Waals surface area contributed by atoms with Gasteiger partial charge in [-0.25, -0.2) is 0 Å². The van der Waals surface area contributed by atoms with Gasteiger partial charge in [-0.2, -0.15) is 0 Å². The zero-order chi connectivity index (χ0) is 14.4. The van der Waals surface area contributed by atoms with Gasteiger partial charge in [0.1, 0.15) is 10.6 Å². The molecule has 7 nitrogen and oxygen atoms in total. The van der Waals surface area contributed by atoms with E-state index >= 15 is 0 Å². The third-order valence-electron chi connectivity index (χ3n) is 2.26. The number of carbonyl (C=O) groups is 2. The summed E-state index contributed by atoms with van der Waals surface area (Å²) in [6.45, 7) is 0.0230. The first-order valence-corrected chi connectivity index (χ1v) is 5.63. The van der Waals surface area contributed by atoms with Crippen molar-refractivity contribution in [2.75, 3.05) is 13.7 Å². The summed E-state index contributed by atoms with van der Waals surface area (Å²) in [4.78, 5) is 32.7. The summed E-state index contributed by atoms with van der Waals surface area (Å²) in [5, 5.41) is 13.1. The highest BCUT2D eigenvalue weighted by Gasteiger charge is 2.23. The number of amides is 1. The zero-order valence-electron chi connectivity index (χ0n) is 10.0. The van der Waals surface area contributed by atoms with Gasteiger partial charge in [-0.1, -0.05) is 17.7 Å². The Balaban J connectivity index is 2.80. The standard InChI is InChI=1S/C11H11ClN2O5/c1-19-9(15)5-6-13-11(16)7-3-2-4-8(12)10(7)14(17)18/h2-4H,5-6H2,1H3,(H,13,16). The molecule has 1 aromatic carbocycles. The molecule has 0 aliphatic heterocycles. The Morgan fingerprint density at radius 1 is 1.47 bits per heavy atom. The van der Waals surface area contributed by atoms with Crippen molar-refractivity contribution in [1.82, 2.24) is 5.32 Å². The number of nitro benzene ring substituents is 1. The van der Waals surface area contributed by atoms with Gasteiger partial charge >= 0.3 is 11.7 Å². The van der Waals surface area contributed by atoms with Gasteiger partial charge in [-0.3, -0.25) is 19.7 Å². The molecule has 0 saturated carbocycles. The maximum Gasteiger partial charge on any atom is 0.307 e. The summed E-state index contributed by atoms with van der Waals surface area (Å²) < 4.78 is 4.40. The van der Waals surface area contributed by atoms with Crippen molar-refractivity contribution in [3.63, 3.8) is 0 Å². The summed E-state index contributed by atoms with van der Waals surface area (Å²) in [7, 11) is 1.23. The highest BCUT2D eigenvalue weighted by Crippen LogP contribution is 2.27. The average Bonchev–Trinajstić information content (AvgIpc) is 2.37. The van der Waals surface area contributed by atoms with Crippen LogP contribution in [-0.2, 0) is 9.53 Å². The fourth-order valence-electron chi connectivity index (χ4n) is 1.36. The number of ether oxygens (including phenoxy) is 1. The fourth-order valence-corrected chi connectivity index (χ4v) is 1.60. The smallest absolute Gasteiger partial charge is 0.307 e. The van der Waals surface area contributed by atoms with E-state index in [1.807, 2.05) is 0 Å². The van der Waals surface area contributed by atoms with Crippen molar-refractivity contribution in [3.05, 3.63) is 38.9 Å². The summed E-state index contributed by atoms with van der Waals surface area (Å²) in [5.74, 6) is -1.15. The number of nitrogens with zero attached hydrogens (tertiary/aromatic N) is 1. The number of rotatable bonds is 5. The minimum Gasteiger partial charge on any atom is -0.469 e. The summed E-state index contributed by atoms with van der Waals surface area (Å²) in [6.07, 6.45) is -0.0173. The molecular weight excluding hydrogens is 276 g/mol. The summed E-state index contributed by atoms with van der Waals surface area (Å²) in [5.41, 5.74) is -0.609. The molecule has 1 amide bonds. The van der Waals surface area contributed by atoms with E-state index in [1.165, 1.54) is 25.3 Å². The third kappa shape index (κ3) is 3.92. The number of para-hydroxylation sites is 1. The lowest BCUT2D eigenvalue weighted by molar-refractivity contribution is -0.385. The predicted octanol–water partition coefficient (Wildman–Crippen LogP) is 1.54. The Kier molecular flexibility index (Phi) is 5.25. The van der Waals surface area contributed by atoms with E-state index in [1.54, 1.807) is 0 Å². The average molecular weight is 287 g/mol. The van der Waals surface area contributed by atoms with Gasteiger partial charge in [0.05, 0.1) is 18.5 Å². The molecule has 0 aromatic heterocycles. The summed E-state index contributed by atoms with van der Waals surface area (Å²) >= 11 is 5.68. The molecule has 1 N–H and O–H groups in total. The van der Waals surface area contributed by atoms with E-state index < -0.39 is 22.5 Å². The van der Waals surface area contributed by atoms with Gasteiger partial charge in [0.15, 0.2) is 0 Å². The molecule has 1 rings (SSSR count). The second-order valence-electron chi connectivity index (χ2n) is 3.48. The van der Waals surface area contributed by atoms with Crippen molar-refractivity contribution < 1.29 is 19.2 Å². The highest BCUT2D eigenvalue weighted by molar-refractivity contribution is 6.33. The van der Waals surface area contributed by atoms with Crippen LogP contribution in [0, 0.1) is 10.1 Å². The van der Waals surface area contributed by atoms with E-state index in [9.17, 15) is 19.7 Å². The molecular formula is C11H11ClN2O5. The molecule has 0 fully saturated rings. The number of esters is 1. The van der Waals surface area contributed by atoms with E-state index in [2.05, 4.69) is 10.1 Å². The maximum atomic E-state index is 11.8. The van der Waals surface area contributed by atoms with Gasteiger partial charge in [0, 0.05) is 6.54 Å². The Bertz CT molecular complexity index is 518. The SMILES string of the molecule is COC(=O)CCNC(=O)c1cccc(Cl)c1[N+](=O)[O-]. The number of hydrogen-bond donors (Lipinski definition) is 1. The van der Waals surface area contributed by atoms with Crippen LogP contribution in [0.4, 0.5) is 5.69 Å². The van der Waals surface area contributed by atoms with Crippen LogP contribution >= 0.6 is 11.6 Å². The van der Waals surface area contributed by atoms with Gasteiger partial charge in [0.2, 0.25) is 0 Å². The molecule has 0 bridgehead atoms. The van der Waals surface area contributed by atoms with Crippen molar-refractivity contribution in [2.24, 2.45) is 0 Å². The molecule has 0 radical (unpaired) electrons. The number of hydrogen-bond acceptors (Lipinski definition) is 5. The number of methoxy groups -OCH3 is 1. The maximum absolute atomic E-state index is 11.8. The highest BCUT2D eigenvalue weighted by atomic mass is 35.5. The van der Waals surface area contributed by atoms with Crippen LogP contribution in [0.3, 0.4) is 0 Å². The zero-order valence-corrected chi connectivity index (χ0v) is 10.8. The second-order valence-corrected chi connectivity index (χ2v) is 3.88. The van der Waals surface area contributed by atoms with E-state index in [0.717, 1.165) is 0 Å². The van der Waals surface area contributed by atoms with E-state index in [0.29, 0.717) is 0 Å². The fraction of sp³-hybridized carbons (Fsp3) is 0.273. The van der Waals surface area contributed by atoms with Crippen LogP contribution in [0.15, 0.2) is 18.2 Å². The minimum absolute atomic E-state index is 0.0173. The molecule has 0 aliphatic rings. The van der Waals surface area contributed by atoms with Gasteiger partial charge in [-0.15, -0.1) is 0 Å². The van der Waals surface area contributed by atoms with Crippen molar-refractivity contribution in [1.29, 1.82) is 0 Å². The first-order chi connectivity index (χ1) is 8.97. The first-order valence-electron chi connectivity index (χ1n) is 5.25. The Hall–Kier alpha value is -2.15.